The number of hydrogen-bond donors (Lipinski definition) is 1. The first-order chi connectivity index (χ1) is 19.8. The van der Waals surface area contributed by atoms with Gasteiger partial charge in [0.2, 0.25) is 11.8 Å². The van der Waals surface area contributed by atoms with E-state index in [1.165, 1.54) is 4.90 Å². The highest BCUT2D eigenvalue weighted by molar-refractivity contribution is 6.21. The predicted octanol–water partition coefficient (Wildman–Crippen LogP) is 4.48. The predicted molar refractivity (Wildman–Crippen MR) is 156 cm³/mol. The lowest BCUT2D eigenvalue weighted by Gasteiger charge is -2.32. The van der Waals surface area contributed by atoms with Crippen LogP contribution >= 0.6 is 0 Å². The number of imide groups is 1. The topological polar surface area (TPSA) is 96.0 Å². The number of nitrogens with one attached hydrogen (secondary N) is 1. The van der Waals surface area contributed by atoms with Crippen LogP contribution in [0.4, 0.5) is 0 Å². The van der Waals surface area contributed by atoms with Crippen LogP contribution in [0.25, 0.3) is 0 Å². The molecule has 1 atom stereocenters. The number of methoxy groups -OCH3 is 1. The number of benzene rings is 3. The fraction of sp³-hybridized carbons (Fsp3) is 0.333. The first-order valence-electron chi connectivity index (χ1n) is 14.0. The third kappa shape index (κ3) is 7.39. The molecule has 4 rings (SSSR count). The lowest BCUT2D eigenvalue weighted by molar-refractivity contribution is -0.141. The SMILES string of the molecule is COc1cccc(CN(C(=O)CCCN2C(=O)c3ccccc3C2=O)C(Cc2ccccc2)C(=O)NCC(C)C)c1. The summed E-state index contributed by atoms with van der Waals surface area (Å²) in [7, 11) is 1.58. The van der Waals surface area contributed by atoms with Crippen molar-refractivity contribution in [3.63, 3.8) is 0 Å². The molecule has 0 bridgehead atoms. The molecule has 4 amide bonds. The molecule has 0 fully saturated rings. The van der Waals surface area contributed by atoms with Gasteiger partial charge in [-0.1, -0.05) is 68.4 Å². The van der Waals surface area contributed by atoms with Gasteiger partial charge in [0.05, 0.1) is 18.2 Å². The summed E-state index contributed by atoms with van der Waals surface area (Å²) in [5, 5.41) is 3.01. The van der Waals surface area contributed by atoms with E-state index in [2.05, 4.69) is 5.32 Å². The van der Waals surface area contributed by atoms with E-state index in [-0.39, 0.29) is 55.5 Å². The summed E-state index contributed by atoms with van der Waals surface area (Å²) in [6.45, 7) is 4.85. The molecule has 1 unspecified atom stereocenters. The summed E-state index contributed by atoms with van der Waals surface area (Å²) >= 11 is 0. The van der Waals surface area contributed by atoms with Gasteiger partial charge < -0.3 is 15.0 Å². The number of amides is 4. The molecule has 0 saturated heterocycles. The van der Waals surface area contributed by atoms with Gasteiger partial charge in [-0.2, -0.15) is 0 Å². The number of carbonyl (C=O) groups is 4. The monoisotopic (exact) mass is 555 g/mol. The largest absolute Gasteiger partial charge is 0.497 e. The van der Waals surface area contributed by atoms with E-state index >= 15 is 0 Å². The Morgan fingerprint density at radius 1 is 0.878 bits per heavy atom. The van der Waals surface area contributed by atoms with Crippen molar-refractivity contribution in [1.29, 1.82) is 0 Å². The highest BCUT2D eigenvalue weighted by Crippen LogP contribution is 2.24. The average molecular weight is 556 g/mol. The summed E-state index contributed by atoms with van der Waals surface area (Å²) in [4.78, 5) is 55.8. The van der Waals surface area contributed by atoms with Crippen LogP contribution in [0.2, 0.25) is 0 Å². The third-order valence-electron chi connectivity index (χ3n) is 7.09. The summed E-state index contributed by atoms with van der Waals surface area (Å²) in [5.41, 5.74) is 2.53. The van der Waals surface area contributed by atoms with Gasteiger partial charge in [-0.3, -0.25) is 24.1 Å². The van der Waals surface area contributed by atoms with Gasteiger partial charge in [0, 0.05) is 32.5 Å². The molecule has 0 aliphatic carbocycles. The Bertz CT molecular complexity index is 1350. The molecule has 0 aromatic heterocycles. The summed E-state index contributed by atoms with van der Waals surface area (Å²) in [6.07, 6.45) is 0.698. The second-order valence-electron chi connectivity index (χ2n) is 10.6. The highest BCUT2D eigenvalue weighted by Gasteiger charge is 2.35. The molecule has 1 heterocycles. The van der Waals surface area contributed by atoms with E-state index in [4.69, 9.17) is 4.74 Å². The van der Waals surface area contributed by atoms with Crippen molar-refractivity contribution in [1.82, 2.24) is 15.1 Å². The van der Waals surface area contributed by atoms with Crippen LogP contribution in [-0.2, 0) is 22.6 Å². The quantitative estimate of drug-likeness (QED) is 0.314. The minimum absolute atomic E-state index is 0.0696. The molecule has 1 aliphatic heterocycles. The minimum atomic E-state index is -0.755. The van der Waals surface area contributed by atoms with Gasteiger partial charge in [0.1, 0.15) is 11.8 Å². The zero-order valence-electron chi connectivity index (χ0n) is 23.8. The van der Waals surface area contributed by atoms with Gasteiger partial charge in [-0.05, 0) is 47.7 Å². The Morgan fingerprint density at radius 3 is 2.15 bits per heavy atom. The van der Waals surface area contributed by atoms with Gasteiger partial charge in [0.25, 0.3) is 11.8 Å². The molecule has 1 aliphatic rings. The average Bonchev–Trinajstić information content (AvgIpc) is 3.23. The lowest BCUT2D eigenvalue weighted by atomic mass is 10.0. The number of carbonyl (C=O) groups excluding carboxylic acids is 4. The molecule has 214 valence electrons. The van der Waals surface area contributed by atoms with Crippen LogP contribution in [0.1, 0.15) is 58.5 Å². The van der Waals surface area contributed by atoms with E-state index in [1.54, 1.807) is 36.3 Å². The zero-order valence-corrected chi connectivity index (χ0v) is 23.8. The van der Waals surface area contributed by atoms with Crippen molar-refractivity contribution in [3.8, 4) is 5.75 Å². The molecule has 8 heteroatoms. The molecular weight excluding hydrogens is 518 g/mol. The minimum Gasteiger partial charge on any atom is -0.497 e. The molecule has 0 spiro atoms. The van der Waals surface area contributed by atoms with Crippen molar-refractivity contribution in [3.05, 3.63) is 101 Å². The van der Waals surface area contributed by atoms with Crippen LogP contribution in [0.5, 0.6) is 5.75 Å². The molecule has 8 nitrogen and oxygen atoms in total. The molecule has 0 radical (unpaired) electrons. The smallest absolute Gasteiger partial charge is 0.261 e. The van der Waals surface area contributed by atoms with Crippen molar-refractivity contribution >= 4 is 23.6 Å². The molecule has 1 N–H and O–H groups in total. The van der Waals surface area contributed by atoms with Gasteiger partial charge in [0.15, 0.2) is 0 Å². The van der Waals surface area contributed by atoms with Crippen LogP contribution in [0, 0.1) is 5.92 Å². The van der Waals surface area contributed by atoms with Gasteiger partial charge in [-0.15, -0.1) is 0 Å². The standard InChI is InChI=1S/C33H37N3O5/c1-23(2)21-34-31(38)29(20-24-11-5-4-6-12-24)36(22-25-13-9-14-26(19-25)41-3)30(37)17-10-18-35-32(39)27-15-7-8-16-28(27)33(35)40/h4-9,11-16,19,23,29H,10,17-18,20-22H2,1-3H3,(H,34,38). The second-order valence-corrected chi connectivity index (χ2v) is 10.6. The van der Waals surface area contributed by atoms with Gasteiger partial charge in [-0.25, -0.2) is 0 Å². The molecule has 0 saturated carbocycles. The molecular formula is C33H37N3O5. The summed E-state index contributed by atoms with van der Waals surface area (Å²) < 4.78 is 5.38. The van der Waals surface area contributed by atoms with Crippen LogP contribution < -0.4 is 10.1 Å². The Morgan fingerprint density at radius 2 is 1.51 bits per heavy atom. The maximum Gasteiger partial charge on any atom is 0.261 e. The maximum atomic E-state index is 13.9. The van der Waals surface area contributed by atoms with E-state index in [0.29, 0.717) is 29.8 Å². The fourth-order valence-corrected chi connectivity index (χ4v) is 4.92. The van der Waals surface area contributed by atoms with Gasteiger partial charge >= 0.3 is 0 Å². The zero-order chi connectivity index (χ0) is 29.4. The van der Waals surface area contributed by atoms with E-state index in [1.807, 2.05) is 68.4 Å². The highest BCUT2D eigenvalue weighted by atomic mass is 16.5. The number of hydrogen-bond acceptors (Lipinski definition) is 5. The Hall–Kier alpha value is -4.46. The molecule has 3 aromatic carbocycles. The van der Waals surface area contributed by atoms with Crippen molar-refractivity contribution in [2.24, 2.45) is 5.92 Å². The molecule has 41 heavy (non-hydrogen) atoms. The first-order valence-corrected chi connectivity index (χ1v) is 14.0. The summed E-state index contributed by atoms with van der Waals surface area (Å²) in [5.74, 6) is -0.241. The van der Waals surface area contributed by atoms with Crippen molar-refractivity contribution < 1.29 is 23.9 Å². The van der Waals surface area contributed by atoms with Crippen molar-refractivity contribution in [2.45, 2.75) is 45.7 Å². The van der Waals surface area contributed by atoms with Crippen molar-refractivity contribution in [2.75, 3.05) is 20.2 Å². The summed E-state index contributed by atoms with van der Waals surface area (Å²) in [6, 6.07) is 23.0. The van der Waals surface area contributed by atoms with E-state index in [9.17, 15) is 19.2 Å². The number of ether oxygens (including phenoxy) is 1. The van der Waals surface area contributed by atoms with Crippen LogP contribution in [-0.4, -0.2) is 59.7 Å². The van der Waals surface area contributed by atoms with Crippen LogP contribution in [0.15, 0.2) is 78.9 Å². The van der Waals surface area contributed by atoms with E-state index in [0.717, 1.165) is 11.1 Å². The number of nitrogens with zero attached hydrogens (tertiary/aromatic N) is 2. The Kier molecular flexibility index (Phi) is 9.90. The first kappa shape index (κ1) is 29.5. The van der Waals surface area contributed by atoms with Crippen LogP contribution in [0.3, 0.4) is 0 Å². The van der Waals surface area contributed by atoms with E-state index < -0.39 is 6.04 Å². The fourth-order valence-electron chi connectivity index (χ4n) is 4.92. The third-order valence-corrected chi connectivity index (χ3v) is 7.09. The Balaban J connectivity index is 1.55. The number of rotatable bonds is 13. The Labute approximate surface area is 241 Å². The second kappa shape index (κ2) is 13.7. The lowest BCUT2D eigenvalue weighted by Crippen LogP contribution is -2.51. The number of fused-ring (bicyclic) bond motifs is 1. The maximum absolute atomic E-state index is 13.9. The molecule has 3 aromatic rings. The normalized spacial score (nSPS) is 13.2.